The highest BCUT2D eigenvalue weighted by molar-refractivity contribution is 9.10. The first-order valence-electron chi connectivity index (χ1n) is 6.61. The second-order valence-electron chi connectivity index (χ2n) is 5.28. The summed E-state index contributed by atoms with van der Waals surface area (Å²) in [5.74, 6) is 0.694. The minimum absolute atomic E-state index is 0.509. The Morgan fingerprint density at radius 1 is 1.14 bits per heavy atom. The van der Waals surface area contributed by atoms with Gasteiger partial charge in [-0.3, -0.25) is 0 Å². The van der Waals surface area contributed by atoms with Crippen LogP contribution in [0.15, 0.2) is 34.8 Å². The Bertz CT molecular complexity index is 681. The van der Waals surface area contributed by atoms with E-state index in [0.29, 0.717) is 21.9 Å². The van der Waals surface area contributed by atoms with Crippen LogP contribution in [0.1, 0.15) is 29.2 Å². The standard InChI is InChI=1S/C17H18BrClO2/c1-10-5-7-14(16(21-4)11(10)2)17(3,20)13-8-6-12(18)9-15(13)19/h5-9,20H,1-4H3. The molecule has 0 fully saturated rings. The van der Waals surface area contributed by atoms with Crippen molar-refractivity contribution in [2.75, 3.05) is 7.11 Å². The van der Waals surface area contributed by atoms with Crippen LogP contribution in [0.3, 0.4) is 0 Å². The lowest BCUT2D eigenvalue weighted by molar-refractivity contribution is 0.0989. The summed E-state index contributed by atoms with van der Waals surface area (Å²) in [7, 11) is 1.62. The summed E-state index contributed by atoms with van der Waals surface area (Å²) in [4.78, 5) is 0. The Labute approximate surface area is 138 Å². The summed E-state index contributed by atoms with van der Waals surface area (Å²) in [6, 6.07) is 9.33. The Morgan fingerprint density at radius 2 is 1.76 bits per heavy atom. The molecule has 0 aliphatic rings. The summed E-state index contributed by atoms with van der Waals surface area (Å²) in [5, 5.41) is 11.6. The zero-order valence-corrected chi connectivity index (χ0v) is 14.8. The van der Waals surface area contributed by atoms with E-state index in [-0.39, 0.29) is 0 Å². The third-order valence-corrected chi connectivity index (χ3v) is 4.67. The van der Waals surface area contributed by atoms with Gasteiger partial charge in [-0.05, 0) is 44.0 Å². The third-order valence-electron chi connectivity index (χ3n) is 3.86. The highest BCUT2D eigenvalue weighted by Gasteiger charge is 2.32. The van der Waals surface area contributed by atoms with Gasteiger partial charge in [-0.15, -0.1) is 0 Å². The zero-order valence-electron chi connectivity index (χ0n) is 12.5. The van der Waals surface area contributed by atoms with Crippen LogP contribution in [0.2, 0.25) is 5.02 Å². The van der Waals surface area contributed by atoms with E-state index in [2.05, 4.69) is 15.9 Å². The summed E-state index contributed by atoms with van der Waals surface area (Å²) >= 11 is 9.68. The van der Waals surface area contributed by atoms with Crippen molar-refractivity contribution in [3.63, 3.8) is 0 Å². The van der Waals surface area contributed by atoms with Gasteiger partial charge in [-0.2, -0.15) is 0 Å². The molecule has 21 heavy (non-hydrogen) atoms. The molecule has 0 aliphatic carbocycles. The van der Waals surface area contributed by atoms with Gasteiger partial charge in [0.25, 0.3) is 0 Å². The van der Waals surface area contributed by atoms with E-state index in [1.54, 1.807) is 20.1 Å². The normalized spacial score (nSPS) is 13.9. The van der Waals surface area contributed by atoms with Crippen molar-refractivity contribution in [3.05, 3.63) is 62.1 Å². The molecule has 0 aliphatic heterocycles. The Balaban J connectivity index is 2.66. The Kier molecular flexibility index (Phi) is 4.66. The van der Waals surface area contributed by atoms with E-state index in [4.69, 9.17) is 16.3 Å². The van der Waals surface area contributed by atoms with E-state index in [1.165, 1.54) is 0 Å². The molecule has 0 spiro atoms. The van der Waals surface area contributed by atoms with Gasteiger partial charge >= 0.3 is 0 Å². The van der Waals surface area contributed by atoms with Crippen LogP contribution in [-0.2, 0) is 5.60 Å². The molecule has 112 valence electrons. The second kappa shape index (κ2) is 5.99. The number of methoxy groups -OCH3 is 1. The maximum atomic E-state index is 11.1. The van der Waals surface area contributed by atoms with E-state index in [1.807, 2.05) is 38.1 Å². The number of benzene rings is 2. The predicted molar refractivity (Wildman–Crippen MR) is 90.3 cm³/mol. The van der Waals surface area contributed by atoms with Crippen molar-refractivity contribution in [1.82, 2.24) is 0 Å². The average Bonchev–Trinajstić information content (AvgIpc) is 2.40. The molecule has 1 unspecified atom stereocenters. The summed E-state index contributed by atoms with van der Waals surface area (Å²) in [6.45, 7) is 5.73. The number of hydrogen-bond acceptors (Lipinski definition) is 2. The number of aliphatic hydroxyl groups is 1. The Morgan fingerprint density at radius 3 is 2.33 bits per heavy atom. The highest BCUT2D eigenvalue weighted by atomic mass is 79.9. The first-order valence-corrected chi connectivity index (χ1v) is 7.78. The summed E-state index contributed by atoms with van der Waals surface area (Å²) in [6.07, 6.45) is 0. The number of ether oxygens (including phenoxy) is 1. The first-order chi connectivity index (χ1) is 9.78. The van der Waals surface area contributed by atoms with Gasteiger partial charge in [0.15, 0.2) is 0 Å². The number of aryl methyl sites for hydroxylation is 1. The fourth-order valence-electron chi connectivity index (χ4n) is 2.47. The van der Waals surface area contributed by atoms with Gasteiger partial charge < -0.3 is 9.84 Å². The largest absolute Gasteiger partial charge is 0.496 e. The van der Waals surface area contributed by atoms with Gasteiger partial charge in [-0.25, -0.2) is 0 Å². The van der Waals surface area contributed by atoms with Crippen molar-refractivity contribution in [2.24, 2.45) is 0 Å². The Hall–Kier alpha value is -1.03. The SMILES string of the molecule is COc1c(C(C)(O)c2ccc(Br)cc2Cl)ccc(C)c1C. The molecule has 2 aromatic carbocycles. The molecule has 0 bridgehead atoms. The molecular formula is C17H18BrClO2. The molecule has 1 atom stereocenters. The van der Waals surface area contributed by atoms with Gasteiger partial charge in [0.1, 0.15) is 11.4 Å². The minimum atomic E-state index is -1.23. The topological polar surface area (TPSA) is 29.5 Å². The molecule has 1 N–H and O–H groups in total. The molecule has 2 aromatic rings. The molecule has 0 amide bonds. The second-order valence-corrected chi connectivity index (χ2v) is 6.61. The van der Waals surface area contributed by atoms with E-state index in [9.17, 15) is 5.11 Å². The van der Waals surface area contributed by atoms with Crippen molar-refractivity contribution in [1.29, 1.82) is 0 Å². The molecule has 0 heterocycles. The van der Waals surface area contributed by atoms with E-state index in [0.717, 1.165) is 15.6 Å². The van der Waals surface area contributed by atoms with Crippen LogP contribution in [0, 0.1) is 13.8 Å². The number of rotatable bonds is 3. The molecule has 4 heteroatoms. The van der Waals surface area contributed by atoms with Gasteiger partial charge in [0, 0.05) is 20.6 Å². The highest BCUT2D eigenvalue weighted by Crippen LogP contribution is 2.41. The van der Waals surface area contributed by atoms with Crippen LogP contribution < -0.4 is 4.74 Å². The van der Waals surface area contributed by atoms with Crippen molar-refractivity contribution < 1.29 is 9.84 Å². The quantitative estimate of drug-likeness (QED) is 0.826. The monoisotopic (exact) mass is 368 g/mol. The van der Waals surface area contributed by atoms with Gasteiger partial charge in [0.05, 0.1) is 7.11 Å². The number of hydrogen-bond donors (Lipinski definition) is 1. The molecule has 2 nitrogen and oxygen atoms in total. The van der Waals surface area contributed by atoms with E-state index < -0.39 is 5.60 Å². The first kappa shape index (κ1) is 16.3. The summed E-state index contributed by atoms with van der Waals surface area (Å²) < 4.78 is 6.39. The number of halogens is 2. The van der Waals surface area contributed by atoms with Crippen molar-refractivity contribution >= 4 is 27.5 Å². The van der Waals surface area contributed by atoms with Crippen molar-refractivity contribution in [3.8, 4) is 5.75 Å². The smallest absolute Gasteiger partial charge is 0.128 e. The molecular weight excluding hydrogens is 352 g/mol. The van der Waals surface area contributed by atoms with Crippen LogP contribution >= 0.6 is 27.5 Å². The molecule has 0 saturated heterocycles. The molecule has 0 saturated carbocycles. The minimum Gasteiger partial charge on any atom is -0.496 e. The third kappa shape index (κ3) is 2.96. The van der Waals surface area contributed by atoms with Gasteiger partial charge in [-0.1, -0.05) is 45.7 Å². The fraction of sp³-hybridized carbons (Fsp3) is 0.294. The lowest BCUT2D eigenvalue weighted by atomic mass is 9.85. The van der Waals surface area contributed by atoms with Crippen LogP contribution in [-0.4, -0.2) is 12.2 Å². The zero-order chi connectivity index (χ0) is 15.8. The van der Waals surface area contributed by atoms with E-state index >= 15 is 0 Å². The van der Waals surface area contributed by atoms with Gasteiger partial charge in [0.2, 0.25) is 0 Å². The molecule has 0 radical (unpaired) electrons. The van der Waals surface area contributed by atoms with Crippen LogP contribution in [0.5, 0.6) is 5.75 Å². The predicted octanol–water partition coefficient (Wildman–Crippen LogP) is 4.98. The summed E-state index contributed by atoms with van der Waals surface area (Å²) in [5.41, 5.74) is 2.25. The molecule has 2 rings (SSSR count). The van der Waals surface area contributed by atoms with Crippen LogP contribution in [0.4, 0.5) is 0 Å². The van der Waals surface area contributed by atoms with Crippen LogP contribution in [0.25, 0.3) is 0 Å². The maximum Gasteiger partial charge on any atom is 0.128 e. The lowest BCUT2D eigenvalue weighted by Gasteiger charge is -2.28. The fourth-order valence-corrected chi connectivity index (χ4v) is 3.32. The maximum absolute atomic E-state index is 11.1. The average molecular weight is 370 g/mol. The van der Waals surface area contributed by atoms with Crippen molar-refractivity contribution in [2.45, 2.75) is 26.4 Å². The lowest BCUT2D eigenvalue weighted by Crippen LogP contribution is -2.24. The molecule has 0 aromatic heterocycles.